The molecule has 2 rings (SSSR count). The lowest BCUT2D eigenvalue weighted by atomic mass is 9.87. The molecule has 2 heteroatoms. The van der Waals surface area contributed by atoms with Crippen LogP contribution in [0.3, 0.4) is 0 Å². The van der Waals surface area contributed by atoms with Crippen molar-refractivity contribution >= 4 is 0 Å². The van der Waals surface area contributed by atoms with Crippen LogP contribution in [-0.4, -0.2) is 19.7 Å². The highest BCUT2D eigenvalue weighted by molar-refractivity contribution is 5.28. The average Bonchev–Trinajstić information content (AvgIpc) is 2.41. The molecule has 0 bridgehead atoms. The molecule has 19 heavy (non-hydrogen) atoms. The van der Waals surface area contributed by atoms with Crippen molar-refractivity contribution in [3.05, 3.63) is 35.4 Å². The number of hydrogen-bond acceptors (Lipinski definition) is 2. The summed E-state index contributed by atoms with van der Waals surface area (Å²) < 4.78 is 6.45. The summed E-state index contributed by atoms with van der Waals surface area (Å²) >= 11 is 0. The molecule has 1 aliphatic rings. The topological polar surface area (TPSA) is 21.3 Å². The van der Waals surface area contributed by atoms with E-state index < -0.39 is 0 Å². The van der Waals surface area contributed by atoms with Gasteiger partial charge < -0.3 is 10.1 Å². The van der Waals surface area contributed by atoms with Crippen LogP contribution in [0.2, 0.25) is 0 Å². The van der Waals surface area contributed by atoms with E-state index in [4.69, 9.17) is 4.74 Å². The third kappa shape index (κ3) is 3.80. The predicted octanol–water partition coefficient (Wildman–Crippen LogP) is 3.85. The van der Waals surface area contributed by atoms with Gasteiger partial charge in [0.05, 0.1) is 12.2 Å². The lowest BCUT2D eigenvalue weighted by Crippen LogP contribution is -2.31. The Hall–Kier alpha value is -0.860. The monoisotopic (exact) mass is 261 g/mol. The van der Waals surface area contributed by atoms with Crippen LogP contribution in [0.1, 0.15) is 49.8 Å². The van der Waals surface area contributed by atoms with E-state index in [2.05, 4.69) is 43.4 Å². The van der Waals surface area contributed by atoms with Crippen molar-refractivity contribution in [2.75, 3.05) is 13.6 Å². The summed E-state index contributed by atoms with van der Waals surface area (Å²) in [5.41, 5.74) is 2.65. The molecule has 2 nitrogen and oxygen atoms in total. The van der Waals surface area contributed by atoms with Gasteiger partial charge in [0.1, 0.15) is 0 Å². The van der Waals surface area contributed by atoms with Gasteiger partial charge in [-0.25, -0.2) is 0 Å². The van der Waals surface area contributed by atoms with Gasteiger partial charge in [0.15, 0.2) is 0 Å². The normalized spacial score (nSPS) is 25.2. The molecule has 1 aromatic rings. The van der Waals surface area contributed by atoms with Crippen LogP contribution < -0.4 is 5.32 Å². The summed E-state index contributed by atoms with van der Waals surface area (Å²) in [6.45, 7) is 5.39. The Balaban J connectivity index is 2.09. The number of ether oxygens (including phenoxy) is 1. The number of aryl methyl sites for hydroxylation is 1. The van der Waals surface area contributed by atoms with Crippen molar-refractivity contribution in [3.63, 3.8) is 0 Å². The lowest BCUT2D eigenvalue weighted by molar-refractivity contribution is -0.0560. The van der Waals surface area contributed by atoms with E-state index in [1.807, 2.05) is 7.05 Å². The zero-order chi connectivity index (χ0) is 13.7. The number of hydrogen-bond donors (Lipinski definition) is 1. The molecule has 1 saturated carbocycles. The molecule has 0 amide bonds. The first-order chi connectivity index (χ1) is 9.22. The first-order valence-electron chi connectivity index (χ1n) is 7.58. The van der Waals surface area contributed by atoms with Crippen molar-refractivity contribution in [1.29, 1.82) is 0 Å². The highest BCUT2D eigenvalue weighted by Gasteiger charge is 2.26. The van der Waals surface area contributed by atoms with Gasteiger partial charge in [-0.05, 0) is 43.9 Å². The van der Waals surface area contributed by atoms with Crippen molar-refractivity contribution in [3.8, 4) is 0 Å². The third-order valence-electron chi connectivity index (χ3n) is 4.30. The van der Waals surface area contributed by atoms with Gasteiger partial charge in [-0.15, -0.1) is 0 Å². The highest BCUT2D eigenvalue weighted by Crippen LogP contribution is 2.31. The summed E-state index contributed by atoms with van der Waals surface area (Å²) in [7, 11) is 2.00. The lowest BCUT2D eigenvalue weighted by Gasteiger charge is -2.33. The molecule has 1 aromatic carbocycles. The first-order valence-corrected chi connectivity index (χ1v) is 7.58. The van der Waals surface area contributed by atoms with Crippen LogP contribution >= 0.6 is 0 Å². The Morgan fingerprint density at radius 2 is 2.00 bits per heavy atom. The van der Waals surface area contributed by atoms with Crippen molar-refractivity contribution in [2.45, 2.75) is 51.7 Å². The summed E-state index contributed by atoms with van der Waals surface area (Å²) in [6.07, 6.45) is 5.80. The molecule has 1 aliphatic carbocycles. The molecule has 0 heterocycles. The van der Waals surface area contributed by atoms with E-state index in [1.54, 1.807) is 0 Å². The first kappa shape index (κ1) is 14.5. The van der Waals surface area contributed by atoms with Crippen LogP contribution in [0.4, 0.5) is 0 Å². The number of likely N-dealkylation sites (N-methyl/N-ethyl adjacent to an activating group) is 1. The van der Waals surface area contributed by atoms with Gasteiger partial charge in [0.25, 0.3) is 0 Å². The van der Waals surface area contributed by atoms with Crippen LogP contribution in [0.15, 0.2) is 24.3 Å². The Labute approximate surface area is 117 Å². The zero-order valence-electron chi connectivity index (χ0n) is 12.5. The Morgan fingerprint density at radius 1 is 1.26 bits per heavy atom. The maximum absolute atomic E-state index is 6.45. The third-order valence-corrected chi connectivity index (χ3v) is 4.30. The van der Waals surface area contributed by atoms with E-state index in [0.717, 1.165) is 6.54 Å². The number of benzene rings is 1. The van der Waals surface area contributed by atoms with E-state index in [1.165, 1.54) is 36.8 Å². The maximum Gasteiger partial charge on any atom is 0.0955 e. The summed E-state index contributed by atoms with van der Waals surface area (Å²) in [4.78, 5) is 0. The van der Waals surface area contributed by atoms with Crippen LogP contribution in [0.5, 0.6) is 0 Å². The van der Waals surface area contributed by atoms with E-state index >= 15 is 0 Å². The fraction of sp³-hybridized carbons (Fsp3) is 0.647. The molecule has 0 radical (unpaired) electrons. The molecule has 0 spiro atoms. The van der Waals surface area contributed by atoms with Gasteiger partial charge in [-0.3, -0.25) is 0 Å². The van der Waals surface area contributed by atoms with Gasteiger partial charge >= 0.3 is 0 Å². The number of rotatable bonds is 5. The average molecular weight is 261 g/mol. The molecule has 106 valence electrons. The van der Waals surface area contributed by atoms with Crippen molar-refractivity contribution in [1.82, 2.24) is 5.32 Å². The second-order valence-electron chi connectivity index (χ2n) is 5.84. The van der Waals surface area contributed by atoms with Crippen LogP contribution in [0.25, 0.3) is 0 Å². The molecule has 0 aliphatic heterocycles. The fourth-order valence-corrected chi connectivity index (χ4v) is 3.06. The molecular formula is C17H27NO. The molecule has 1 N–H and O–H groups in total. The van der Waals surface area contributed by atoms with Gasteiger partial charge in [0.2, 0.25) is 0 Å². The molecule has 3 atom stereocenters. The smallest absolute Gasteiger partial charge is 0.0955 e. The second kappa shape index (κ2) is 7.06. The minimum absolute atomic E-state index is 0.178. The Kier molecular flexibility index (Phi) is 5.41. The quantitative estimate of drug-likeness (QED) is 0.869. The van der Waals surface area contributed by atoms with Crippen LogP contribution in [0, 0.1) is 12.8 Å². The van der Waals surface area contributed by atoms with Crippen molar-refractivity contribution < 1.29 is 4.74 Å². The van der Waals surface area contributed by atoms with Crippen LogP contribution in [-0.2, 0) is 4.74 Å². The van der Waals surface area contributed by atoms with Gasteiger partial charge in [-0.2, -0.15) is 0 Å². The fourth-order valence-electron chi connectivity index (χ4n) is 3.06. The second-order valence-corrected chi connectivity index (χ2v) is 5.84. The standard InChI is InChI=1S/C17H27NO/c1-13-8-4-6-10-15(13)17(12-18-3)19-16-11-7-5-9-14(16)2/h4,6,8,10,14,16-18H,5,7,9,11-12H2,1-3H3. The Bertz CT molecular complexity index is 391. The summed E-state index contributed by atoms with van der Waals surface area (Å²) in [6, 6.07) is 8.58. The van der Waals surface area contributed by atoms with E-state index in [9.17, 15) is 0 Å². The van der Waals surface area contributed by atoms with E-state index in [0.29, 0.717) is 12.0 Å². The minimum Gasteiger partial charge on any atom is -0.369 e. The predicted molar refractivity (Wildman–Crippen MR) is 80.4 cm³/mol. The van der Waals surface area contributed by atoms with Crippen molar-refractivity contribution in [2.24, 2.45) is 5.92 Å². The van der Waals surface area contributed by atoms with Gasteiger partial charge in [0, 0.05) is 6.54 Å². The highest BCUT2D eigenvalue weighted by atomic mass is 16.5. The molecular weight excluding hydrogens is 234 g/mol. The van der Waals surface area contributed by atoms with Gasteiger partial charge in [-0.1, -0.05) is 44.0 Å². The SMILES string of the molecule is CNCC(OC1CCCCC1C)c1ccccc1C. The molecule has 3 unspecified atom stereocenters. The summed E-state index contributed by atoms with van der Waals surface area (Å²) in [5.74, 6) is 0.692. The largest absolute Gasteiger partial charge is 0.369 e. The minimum atomic E-state index is 0.178. The summed E-state index contributed by atoms with van der Waals surface area (Å²) in [5, 5.41) is 3.27. The van der Waals surface area contributed by atoms with E-state index in [-0.39, 0.29) is 6.10 Å². The maximum atomic E-state index is 6.45. The zero-order valence-corrected chi connectivity index (χ0v) is 12.5. The molecule has 0 saturated heterocycles. The molecule has 0 aromatic heterocycles. The Morgan fingerprint density at radius 3 is 2.68 bits per heavy atom. The molecule has 1 fully saturated rings. The number of nitrogens with one attached hydrogen (secondary N) is 1.